The van der Waals surface area contributed by atoms with Crippen molar-refractivity contribution in [3.63, 3.8) is 0 Å². The van der Waals surface area contributed by atoms with Gasteiger partial charge in [0.05, 0.1) is 5.56 Å². The predicted molar refractivity (Wildman–Crippen MR) is 66.4 cm³/mol. The molecule has 5 heteroatoms. The lowest BCUT2D eigenvalue weighted by Gasteiger charge is -2.28. The maximum absolute atomic E-state index is 12.1. The molecule has 19 heavy (non-hydrogen) atoms. The van der Waals surface area contributed by atoms with Crippen LogP contribution in [0, 0.1) is 0 Å². The largest absolute Gasteiger partial charge is 0.550 e. The Morgan fingerprint density at radius 1 is 1.26 bits per heavy atom. The van der Waals surface area contributed by atoms with Crippen molar-refractivity contribution in [1.82, 2.24) is 4.90 Å². The molecule has 1 aromatic carbocycles. The second-order valence-electron chi connectivity index (χ2n) is 4.52. The van der Waals surface area contributed by atoms with Gasteiger partial charge in [-0.15, -0.1) is 0 Å². The van der Waals surface area contributed by atoms with Crippen molar-refractivity contribution in [2.24, 2.45) is 0 Å². The first-order valence-corrected chi connectivity index (χ1v) is 6.39. The van der Waals surface area contributed by atoms with Crippen LogP contribution in [0.15, 0.2) is 24.3 Å². The number of fused-ring (bicyclic) bond motifs is 1. The van der Waals surface area contributed by atoms with Gasteiger partial charge in [-0.05, 0) is 31.4 Å². The van der Waals surface area contributed by atoms with Crippen LogP contribution in [0.3, 0.4) is 0 Å². The Hall–Kier alpha value is -2.04. The predicted octanol–water partition coefficient (Wildman–Crippen LogP) is 0.789. The van der Waals surface area contributed by atoms with E-state index in [9.17, 15) is 14.7 Å². The summed E-state index contributed by atoms with van der Waals surface area (Å²) < 4.78 is 5.50. The summed E-state index contributed by atoms with van der Waals surface area (Å²) in [6, 6.07) is 7.18. The molecule has 0 atom stereocenters. The summed E-state index contributed by atoms with van der Waals surface area (Å²) >= 11 is 0. The average molecular weight is 262 g/mol. The minimum absolute atomic E-state index is 0.0262. The number of carboxylic acid groups (broad SMARTS) is 1. The number of nitrogens with zero attached hydrogens (tertiary/aromatic N) is 1. The Balaban J connectivity index is 1.80. The van der Waals surface area contributed by atoms with E-state index in [1.165, 1.54) is 0 Å². The molecule has 5 nitrogen and oxygen atoms in total. The topological polar surface area (TPSA) is 69.7 Å². The summed E-state index contributed by atoms with van der Waals surface area (Å²) in [5, 5.41) is 10.3. The summed E-state index contributed by atoms with van der Waals surface area (Å²) in [6.45, 7) is 0.844. The lowest BCUT2D eigenvalue weighted by Crippen LogP contribution is -2.39. The fourth-order valence-electron chi connectivity index (χ4n) is 2.06. The van der Waals surface area contributed by atoms with Crippen molar-refractivity contribution >= 4 is 11.9 Å². The summed E-state index contributed by atoms with van der Waals surface area (Å²) in [7, 11) is 0. The maximum Gasteiger partial charge on any atom is 0.260 e. The molecule has 0 N–H and O–H groups in total. The molecule has 0 aromatic heterocycles. The van der Waals surface area contributed by atoms with E-state index in [1.54, 1.807) is 17.0 Å². The second-order valence-corrected chi connectivity index (χ2v) is 4.52. The number of unbranched alkanes of at least 4 members (excludes halogenated alkanes) is 2. The van der Waals surface area contributed by atoms with Crippen molar-refractivity contribution < 1.29 is 19.4 Å². The minimum Gasteiger partial charge on any atom is -0.550 e. The summed E-state index contributed by atoms with van der Waals surface area (Å²) in [5.41, 5.74) is 0.587. The van der Waals surface area contributed by atoms with E-state index >= 15 is 0 Å². The fraction of sp³-hybridized carbons (Fsp3) is 0.429. The number of hydrogen-bond donors (Lipinski definition) is 0. The monoisotopic (exact) mass is 262 g/mol. The molecule has 0 aliphatic carbocycles. The Kier molecular flexibility index (Phi) is 4.39. The number of aliphatic carboxylic acids is 1. The normalized spacial score (nSPS) is 13.9. The van der Waals surface area contributed by atoms with Gasteiger partial charge in [0, 0.05) is 12.5 Å². The number of carbonyl (C=O) groups excluding carboxylic acids is 2. The van der Waals surface area contributed by atoms with Crippen molar-refractivity contribution in [1.29, 1.82) is 0 Å². The zero-order chi connectivity index (χ0) is 13.7. The van der Waals surface area contributed by atoms with Gasteiger partial charge in [-0.1, -0.05) is 18.6 Å². The van der Waals surface area contributed by atoms with Crippen molar-refractivity contribution in [2.45, 2.75) is 25.7 Å². The first-order chi connectivity index (χ1) is 9.18. The maximum atomic E-state index is 12.1. The summed E-state index contributed by atoms with van der Waals surface area (Å²) in [4.78, 5) is 24.0. The zero-order valence-corrected chi connectivity index (χ0v) is 10.6. The van der Waals surface area contributed by atoms with Crippen LogP contribution in [0.25, 0.3) is 0 Å². The van der Waals surface area contributed by atoms with E-state index < -0.39 is 5.97 Å². The van der Waals surface area contributed by atoms with Gasteiger partial charge < -0.3 is 19.5 Å². The number of carboxylic acids is 1. The highest BCUT2D eigenvalue weighted by atomic mass is 16.5. The lowest BCUT2D eigenvalue weighted by molar-refractivity contribution is -0.305. The molecule has 0 spiro atoms. The van der Waals surface area contributed by atoms with E-state index in [2.05, 4.69) is 0 Å². The molecule has 0 radical (unpaired) electrons. The molecule has 1 heterocycles. The number of benzene rings is 1. The number of para-hydroxylation sites is 1. The second kappa shape index (κ2) is 6.22. The van der Waals surface area contributed by atoms with Gasteiger partial charge in [0.2, 0.25) is 0 Å². The fourth-order valence-corrected chi connectivity index (χ4v) is 2.06. The number of amides is 1. The van der Waals surface area contributed by atoms with Crippen LogP contribution in [0.2, 0.25) is 0 Å². The van der Waals surface area contributed by atoms with Gasteiger partial charge in [-0.25, -0.2) is 0 Å². The quantitative estimate of drug-likeness (QED) is 0.711. The Morgan fingerprint density at radius 3 is 2.84 bits per heavy atom. The molecular weight excluding hydrogens is 246 g/mol. The molecule has 1 aliphatic rings. The molecule has 1 aliphatic heterocycles. The van der Waals surface area contributed by atoms with Crippen molar-refractivity contribution in [2.75, 3.05) is 13.3 Å². The number of carbonyl (C=O) groups is 2. The van der Waals surface area contributed by atoms with E-state index in [0.717, 1.165) is 12.8 Å². The third-order valence-electron chi connectivity index (χ3n) is 3.09. The molecule has 1 aromatic rings. The van der Waals surface area contributed by atoms with Crippen LogP contribution in [-0.4, -0.2) is 30.1 Å². The Bertz CT molecular complexity index is 472. The van der Waals surface area contributed by atoms with Gasteiger partial charge in [0.15, 0.2) is 6.73 Å². The number of rotatable bonds is 6. The van der Waals surface area contributed by atoms with Crippen LogP contribution in [0.4, 0.5) is 0 Å². The lowest BCUT2D eigenvalue weighted by atomic mass is 10.1. The molecular formula is C14H16NO4-. The number of ether oxygens (including phenoxy) is 1. The molecule has 102 valence electrons. The average Bonchev–Trinajstić information content (AvgIpc) is 2.41. The standard InChI is InChI=1S/C14H17NO4/c16-13(17)8-2-1-5-9-15-10-19-12-7-4-3-6-11(12)14(15)18/h3-4,6-7H,1-2,5,8-10H2,(H,16,17)/p-1. The minimum atomic E-state index is -1.02. The van der Waals surface area contributed by atoms with Gasteiger partial charge in [-0.2, -0.15) is 0 Å². The van der Waals surface area contributed by atoms with E-state index in [4.69, 9.17) is 4.74 Å². The van der Waals surface area contributed by atoms with Crippen LogP contribution < -0.4 is 9.84 Å². The number of hydrogen-bond acceptors (Lipinski definition) is 4. The smallest absolute Gasteiger partial charge is 0.260 e. The molecule has 1 amide bonds. The van der Waals surface area contributed by atoms with Gasteiger partial charge in [0.25, 0.3) is 5.91 Å². The Morgan fingerprint density at radius 2 is 2.05 bits per heavy atom. The SMILES string of the molecule is O=C([O-])CCCCCN1COc2ccccc2C1=O. The van der Waals surface area contributed by atoms with Crippen LogP contribution in [0.5, 0.6) is 5.75 Å². The molecule has 0 bridgehead atoms. The van der Waals surface area contributed by atoms with Gasteiger partial charge in [-0.3, -0.25) is 4.79 Å². The molecule has 0 saturated heterocycles. The van der Waals surface area contributed by atoms with Crippen LogP contribution in [0.1, 0.15) is 36.0 Å². The van der Waals surface area contributed by atoms with Crippen LogP contribution in [-0.2, 0) is 4.79 Å². The van der Waals surface area contributed by atoms with Crippen molar-refractivity contribution in [3.05, 3.63) is 29.8 Å². The molecule has 0 fully saturated rings. The third kappa shape index (κ3) is 3.47. The molecule has 2 rings (SSSR count). The summed E-state index contributed by atoms with van der Waals surface area (Å²) in [5.74, 6) is -0.422. The van der Waals surface area contributed by atoms with E-state index in [0.29, 0.717) is 24.3 Å². The van der Waals surface area contributed by atoms with Crippen LogP contribution >= 0.6 is 0 Å². The highest BCUT2D eigenvalue weighted by Gasteiger charge is 2.24. The zero-order valence-electron chi connectivity index (χ0n) is 10.6. The Labute approximate surface area is 111 Å². The molecule has 0 unspecified atom stereocenters. The third-order valence-corrected chi connectivity index (χ3v) is 3.09. The first kappa shape index (κ1) is 13.4. The highest BCUT2D eigenvalue weighted by Crippen LogP contribution is 2.24. The summed E-state index contributed by atoms with van der Waals surface area (Å²) in [6.07, 6.45) is 2.19. The van der Waals surface area contributed by atoms with Gasteiger partial charge >= 0.3 is 0 Å². The van der Waals surface area contributed by atoms with E-state index in [-0.39, 0.29) is 19.1 Å². The molecule has 0 saturated carbocycles. The van der Waals surface area contributed by atoms with Gasteiger partial charge in [0.1, 0.15) is 5.75 Å². The first-order valence-electron chi connectivity index (χ1n) is 6.39. The van der Waals surface area contributed by atoms with Crippen molar-refractivity contribution in [3.8, 4) is 5.75 Å². The van der Waals surface area contributed by atoms with E-state index in [1.807, 2.05) is 12.1 Å². The highest BCUT2D eigenvalue weighted by molar-refractivity contribution is 5.97.